The van der Waals surface area contributed by atoms with Crippen LogP contribution in [0.3, 0.4) is 0 Å². The zero-order chi connectivity index (χ0) is 19.8. The monoisotopic (exact) mass is 370 g/mol. The highest BCUT2D eigenvalue weighted by Crippen LogP contribution is 2.21. The molecule has 0 aliphatic rings. The van der Waals surface area contributed by atoms with Crippen molar-refractivity contribution in [2.75, 3.05) is 0 Å². The third kappa shape index (κ3) is 5.81. The van der Waals surface area contributed by atoms with Crippen LogP contribution in [0.15, 0.2) is 36.4 Å². The molecule has 0 heterocycles. The maximum Gasteiger partial charge on any atom is 0.272 e. The van der Waals surface area contributed by atoms with Crippen molar-refractivity contribution in [1.82, 2.24) is 5.32 Å². The molecule has 0 fully saturated rings. The first-order valence-corrected chi connectivity index (χ1v) is 9.26. The Kier molecular flexibility index (Phi) is 7.34. The number of hydrogen-bond donors (Lipinski definition) is 2. The Balaban J connectivity index is 2.03. The first-order chi connectivity index (χ1) is 12.9. The number of nitro benzene ring substituents is 1. The number of phenols is 1. The van der Waals surface area contributed by atoms with Gasteiger partial charge in [-0.2, -0.15) is 0 Å². The number of nitrogens with zero attached hydrogens (tertiary/aromatic N) is 1. The van der Waals surface area contributed by atoms with Crippen LogP contribution in [-0.4, -0.2) is 15.9 Å². The number of phenolic OH excluding ortho intramolecular Hbond substituents is 1. The van der Waals surface area contributed by atoms with E-state index in [0.717, 1.165) is 24.8 Å². The lowest BCUT2D eigenvalue weighted by atomic mass is 10.0. The fraction of sp³-hybridized carbons (Fsp3) is 0.381. The number of amides is 1. The molecule has 144 valence electrons. The quantitative estimate of drug-likeness (QED) is 0.381. The van der Waals surface area contributed by atoms with Crippen molar-refractivity contribution in [3.05, 3.63) is 68.8 Å². The fourth-order valence-corrected chi connectivity index (χ4v) is 2.92. The van der Waals surface area contributed by atoms with Gasteiger partial charge in [0, 0.05) is 18.2 Å². The molecule has 0 unspecified atom stereocenters. The Morgan fingerprint density at radius 1 is 1.11 bits per heavy atom. The molecule has 0 radical (unpaired) electrons. The first kappa shape index (κ1) is 20.4. The first-order valence-electron chi connectivity index (χ1n) is 9.26. The van der Waals surface area contributed by atoms with E-state index in [2.05, 4.69) is 12.2 Å². The molecule has 0 atom stereocenters. The number of aryl methyl sites for hydroxylation is 2. The minimum absolute atomic E-state index is 0.0265. The minimum Gasteiger partial charge on any atom is -0.507 e. The second kappa shape index (κ2) is 9.71. The fourth-order valence-electron chi connectivity index (χ4n) is 2.92. The number of benzene rings is 2. The number of hydrogen-bond acceptors (Lipinski definition) is 4. The highest BCUT2D eigenvalue weighted by Gasteiger charge is 2.14. The van der Waals surface area contributed by atoms with E-state index in [1.165, 1.54) is 18.9 Å². The number of carbonyl (C=O) groups excluding carboxylic acids is 1. The van der Waals surface area contributed by atoms with E-state index in [0.29, 0.717) is 11.1 Å². The molecule has 0 aromatic heterocycles. The van der Waals surface area contributed by atoms with E-state index in [4.69, 9.17) is 0 Å². The van der Waals surface area contributed by atoms with Crippen molar-refractivity contribution in [2.45, 2.75) is 52.5 Å². The molecule has 0 saturated heterocycles. The number of aromatic hydroxyl groups is 1. The van der Waals surface area contributed by atoms with Gasteiger partial charge in [-0.1, -0.05) is 44.4 Å². The molecule has 1 amide bonds. The van der Waals surface area contributed by atoms with Gasteiger partial charge in [-0.3, -0.25) is 14.9 Å². The van der Waals surface area contributed by atoms with Crippen molar-refractivity contribution >= 4 is 11.6 Å². The van der Waals surface area contributed by atoms with Gasteiger partial charge in [0.15, 0.2) is 0 Å². The minimum atomic E-state index is -0.436. The van der Waals surface area contributed by atoms with E-state index >= 15 is 0 Å². The van der Waals surface area contributed by atoms with E-state index in [1.807, 2.05) is 6.07 Å². The predicted molar refractivity (Wildman–Crippen MR) is 105 cm³/mol. The molecule has 0 saturated carbocycles. The topological polar surface area (TPSA) is 92.5 Å². The lowest BCUT2D eigenvalue weighted by Crippen LogP contribution is -2.23. The number of rotatable bonds is 9. The Morgan fingerprint density at radius 2 is 1.85 bits per heavy atom. The van der Waals surface area contributed by atoms with Gasteiger partial charge in [-0.15, -0.1) is 0 Å². The van der Waals surface area contributed by atoms with Gasteiger partial charge in [0.1, 0.15) is 5.75 Å². The maximum absolute atomic E-state index is 12.4. The van der Waals surface area contributed by atoms with Crippen molar-refractivity contribution in [3.8, 4) is 5.75 Å². The zero-order valence-corrected chi connectivity index (χ0v) is 15.8. The lowest BCUT2D eigenvalue weighted by molar-refractivity contribution is -0.385. The molecular formula is C21H26N2O4. The van der Waals surface area contributed by atoms with Gasteiger partial charge in [-0.05, 0) is 43.0 Å². The molecular weight excluding hydrogens is 344 g/mol. The summed E-state index contributed by atoms with van der Waals surface area (Å²) in [4.78, 5) is 23.0. The van der Waals surface area contributed by atoms with Crippen LogP contribution in [0.1, 0.15) is 59.7 Å². The zero-order valence-electron chi connectivity index (χ0n) is 15.8. The third-order valence-corrected chi connectivity index (χ3v) is 4.55. The van der Waals surface area contributed by atoms with Gasteiger partial charge >= 0.3 is 0 Å². The Bertz CT molecular complexity index is 818. The SMILES string of the molecule is CCCCCCc1ccc(O)c(C(=O)NCc2ccc(C)c([N+](=O)[O-])c2)c1. The number of carbonyl (C=O) groups is 1. The van der Waals surface area contributed by atoms with Crippen LogP contribution in [0.25, 0.3) is 0 Å². The summed E-state index contributed by atoms with van der Waals surface area (Å²) in [5.74, 6) is -0.467. The summed E-state index contributed by atoms with van der Waals surface area (Å²) in [5.41, 5.74) is 2.47. The summed E-state index contributed by atoms with van der Waals surface area (Å²) < 4.78 is 0. The molecule has 2 rings (SSSR count). The van der Waals surface area contributed by atoms with Crippen molar-refractivity contribution in [2.24, 2.45) is 0 Å². The van der Waals surface area contributed by atoms with Crippen molar-refractivity contribution < 1.29 is 14.8 Å². The van der Waals surface area contributed by atoms with Crippen LogP contribution in [0, 0.1) is 17.0 Å². The van der Waals surface area contributed by atoms with Gasteiger partial charge in [-0.25, -0.2) is 0 Å². The summed E-state index contributed by atoms with van der Waals surface area (Å²) in [6.45, 7) is 3.98. The normalized spacial score (nSPS) is 10.6. The third-order valence-electron chi connectivity index (χ3n) is 4.55. The second-order valence-corrected chi connectivity index (χ2v) is 6.72. The Hall–Kier alpha value is -2.89. The van der Waals surface area contributed by atoms with E-state index < -0.39 is 10.8 Å². The highest BCUT2D eigenvalue weighted by molar-refractivity contribution is 5.96. The average molecular weight is 370 g/mol. The van der Waals surface area contributed by atoms with Crippen LogP contribution in [0.4, 0.5) is 5.69 Å². The molecule has 27 heavy (non-hydrogen) atoms. The lowest BCUT2D eigenvalue weighted by Gasteiger charge is -2.10. The Labute approximate surface area is 159 Å². The van der Waals surface area contributed by atoms with Crippen LogP contribution in [0.2, 0.25) is 0 Å². The molecule has 0 bridgehead atoms. The average Bonchev–Trinajstić information content (AvgIpc) is 2.65. The van der Waals surface area contributed by atoms with Gasteiger partial charge < -0.3 is 10.4 Å². The van der Waals surface area contributed by atoms with E-state index in [9.17, 15) is 20.0 Å². The molecule has 6 nitrogen and oxygen atoms in total. The maximum atomic E-state index is 12.4. The summed E-state index contributed by atoms with van der Waals surface area (Å²) in [6.07, 6.45) is 5.41. The van der Waals surface area contributed by atoms with Crippen molar-refractivity contribution in [1.29, 1.82) is 0 Å². The van der Waals surface area contributed by atoms with E-state index in [-0.39, 0.29) is 23.5 Å². The summed E-state index contributed by atoms with van der Waals surface area (Å²) in [7, 11) is 0. The largest absolute Gasteiger partial charge is 0.507 e. The number of nitrogens with one attached hydrogen (secondary N) is 1. The van der Waals surface area contributed by atoms with Crippen LogP contribution in [0.5, 0.6) is 5.75 Å². The number of unbranched alkanes of at least 4 members (excludes halogenated alkanes) is 3. The molecule has 6 heteroatoms. The molecule has 0 aliphatic carbocycles. The molecule has 2 aromatic carbocycles. The van der Waals surface area contributed by atoms with Gasteiger partial charge in [0.05, 0.1) is 10.5 Å². The second-order valence-electron chi connectivity index (χ2n) is 6.72. The smallest absolute Gasteiger partial charge is 0.272 e. The molecule has 0 aliphatic heterocycles. The van der Waals surface area contributed by atoms with Crippen LogP contribution >= 0.6 is 0 Å². The van der Waals surface area contributed by atoms with Crippen molar-refractivity contribution in [3.63, 3.8) is 0 Å². The highest BCUT2D eigenvalue weighted by atomic mass is 16.6. The Morgan fingerprint density at radius 3 is 2.56 bits per heavy atom. The van der Waals surface area contributed by atoms with Gasteiger partial charge in [0.25, 0.3) is 11.6 Å². The predicted octanol–water partition coefficient (Wildman–Crippen LogP) is 4.66. The number of nitro groups is 1. The molecule has 2 N–H and O–H groups in total. The van der Waals surface area contributed by atoms with Crippen LogP contribution in [-0.2, 0) is 13.0 Å². The molecule has 2 aromatic rings. The summed E-state index contributed by atoms with van der Waals surface area (Å²) >= 11 is 0. The summed E-state index contributed by atoms with van der Waals surface area (Å²) in [5, 5.41) is 23.8. The van der Waals surface area contributed by atoms with Crippen LogP contribution < -0.4 is 5.32 Å². The van der Waals surface area contributed by atoms with Gasteiger partial charge in [0.2, 0.25) is 0 Å². The van der Waals surface area contributed by atoms with E-state index in [1.54, 1.807) is 31.2 Å². The molecule has 0 spiro atoms. The summed E-state index contributed by atoms with van der Waals surface area (Å²) in [6, 6.07) is 9.96. The standard InChI is InChI=1S/C21H26N2O4/c1-3-4-5-6-7-16-10-11-20(24)18(12-16)21(25)22-14-17-9-8-15(2)19(13-17)23(26)27/h8-13,24H,3-7,14H2,1-2H3,(H,22,25).